The van der Waals surface area contributed by atoms with Crippen molar-refractivity contribution >= 4 is 15.9 Å². The number of aliphatic hydroxyl groups is 2. The molecule has 1 amide bonds. The number of sulfonamides is 1. The number of hydrogen-bond acceptors (Lipinski definition) is 6. The van der Waals surface area contributed by atoms with Gasteiger partial charge in [-0.25, -0.2) is 13.6 Å². The van der Waals surface area contributed by atoms with Gasteiger partial charge in [-0.05, 0) is 43.5 Å². The van der Waals surface area contributed by atoms with Gasteiger partial charge < -0.3 is 19.8 Å². The smallest absolute Gasteiger partial charge is 0.260 e. The Morgan fingerprint density at radius 3 is 2.54 bits per heavy atom. The lowest BCUT2D eigenvalue weighted by atomic mass is 10.2. The Morgan fingerprint density at radius 1 is 1.38 bits per heavy atom. The molecule has 9 heteroatoms. The first kappa shape index (κ1) is 18.7. The number of primary sulfonamides is 1. The standard InChI is InChI=1S/C15H22N2O6S/c1-9-7-10(24(16,21)22)3-6-13(9)23-8-14(19)17(2)11-4-5-12(18)15(11)20/h3,6-7,11-12,15,18,20H,4-5,8H2,1-2H3,(H2,16,21,22)/t11-,12-,15-/m1/s1. The third-order valence-electron chi connectivity index (χ3n) is 4.26. The van der Waals surface area contributed by atoms with Crippen LogP contribution in [0.15, 0.2) is 23.1 Å². The molecule has 134 valence electrons. The fourth-order valence-electron chi connectivity index (χ4n) is 2.75. The van der Waals surface area contributed by atoms with Gasteiger partial charge in [0.25, 0.3) is 5.91 Å². The first-order chi connectivity index (χ1) is 11.1. The highest BCUT2D eigenvalue weighted by molar-refractivity contribution is 7.89. The third kappa shape index (κ3) is 4.04. The maximum absolute atomic E-state index is 12.2. The Balaban J connectivity index is 1.99. The summed E-state index contributed by atoms with van der Waals surface area (Å²) in [6.45, 7) is 1.39. The predicted octanol–water partition coefficient (Wildman–Crippen LogP) is -0.636. The van der Waals surface area contributed by atoms with Gasteiger partial charge >= 0.3 is 0 Å². The van der Waals surface area contributed by atoms with E-state index in [4.69, 9.17) is 9.88 Å². The van der Waals surface area contributed by atoms with Crippen LogP contribution in [0, 0.1) is 6.92 Å². The van der Waals surface area contributed by atoms with Crippen LogP contribution in [0.25, 0.3) is 0 Å². The van der Waals surface area contributed by atoms with Crippen molar-refractivity contribution in [1.82, 2.24) is 4.90 Å². The van der Waals surface area contributed by atoms with Crippen molar-refractivity contribution in [2.24, 2.45) is 5.14 Å². The van der Waals surface area contributed by atoms with Crippen LogP contribution >= 0.6 is 0 Å². The molecule has 8 nitrogen and oxygen atoms in total. The van der Waals surface area contributed by atoms with Crippen molar-refractivity contribution in [1.29, 1.82) is 0 Å². The van der Waals surface area contributed by atoms with Crippen molar-refractivity contribution in [2.75, 3.05) is 13.7 Å². The van der Waals surface area contributed by atoms with Gasteiger partial charge in [0.05, 0.1) is 17.0 Å². The summed E-state index contributed by atoms with van der Waals surface area (Å²) in [5, 5.41) is 24.5. The highest BCUT2D eigenvalue weighted by atomic mass is 32.2. The van der Waals surface area contributed by atoms with E-state index in [1.807, 2.05) is 0 Å². The molecule has 0 spiro atoms. The summed E-state index contributed by atoms with van der Waals surface area (Å²) < 4.78 is 28.0. The molecule has 1 fully saturated rings. The first-order valence-electron chi connectivity index (χ1n) is 7.49. The minimum Gasteiger partial charge on any atom is -0.483 e. The van der Waals surface area contributed by atoms with Crippen LogP contribution in [0.1, 0.15) is 18.4 Å². The number of aryl methyl sites for hydroxylation is 1. The minimum absolute atomic E-state index is 0.0288. The molecule has 0 saturated heterocycles. The number of carbonyl (C=O) groups excluding carboxylic acids is 1. The van der Waals surface area contributed by atoms with Gasteiger partial charge in [-0.3, -0.25) is 4.79 Å². The summed E-state index contributed by atoms with van der Waals surface area (Å²) in [7, 11) is -2.24. The first-order valence-corrected chi connectivity index (χ1v) is 9.04. The zero-order valence-electron chi connectivity index (χ0n) is 13.5. The van der Waals surface area contributed by atoms with E-state index in [0.717, 1.165) is 0 Å². The number of carbonyl (C=O) groups is 1. The van der Waals surface area contributed by atoms with Crippen LogP contribution in [-0.2, 0) is 14.8 Å². The molecule has 1 aromatic rings. The molecule has 0 aromatic heterocycles. The molecule has 0 bridgehead atoms. The second-order valence-electron chi connectivity index (χ2n) is 5.97. The lowest BCUT2D eigenvalue weighted by Gasteiger charge is -2.27. The number of aliphatic hydroxyl groups excluding tert-OH is 2. The van der Waals surface area contributed by atoms with E-state index in [2.05, 4.69) is 0 Å². The van der Waals surface area contributed by atoms with E-state index in [9.17, 15) is 23.4 Å². The van der Waals surface area contributed by atoms with Gasteiger partial charge in [0.2, 0.25) is 10.0 Å². The average Bonchev–Trinajstić information content (AvgIpc) is 2.83. The highest BCUT2D eigenvalue weighted by Crippen LogP contribution is 2.25. The minimum atomic E-state index is -3.79. The summed E-state index contributed by atoms with van der Waals surface area (Å²) in [4.78, 5) is 13.5. The molecular formula is C15H22N2O6S. The van der Waals surface area contributed by atoms with Gasteiger partial charge in [-0.2, -0.15) is 0 Å². The zero-order valence-corrected chi connectivity index (χ0v) is 14.4. The SMILES string of the molecule is Cc1cc(S(N)(=O)=O)ccc1OCC(=O)N(C)[C@@H]1CC[C@@H](O)[C@@H]1O. The van der Waals surface area contributed by atoms with Crippen LogP contribution in [0.5, 0.6) is 5.75 Å². The van der Waals surface area contributed by atoms with Crippen LogP contribution in [0.3, 0.4) is 0 Å². The summed E-state index contributed by atoms with van der Waals surface area (Å²) >= 11 is 0. The summed E-state index contributed by atoms with van der Waals surface area (Å²) in [6, 6.07) is 3.68. The highest BCUT2D eigenvalue weighted by Gasteiger charge is 2.37. The molecule has 1 aliphatic carbocycles. The number of likely N-dealkylation sites (N-methyl/N-ethyl adjacent to an activating group) is 1. The lowest BCUT2D eigenvalue weighted by Crippen LogP contribution is -2.45. The monoisotopic (exact) mass is 358 g/mol. The van der Waals surface area contributed by atoms with Crippen molar-refractivity contribution in [3.8, 4) is 5.75 Å². The number of nitrogens with zero attached hydrogens (tertiary/aromatic N) is 1. The maximum atomic E-state index is 12.2. The average molecular weight is 358 g/mol. The topological polar surface area (TPSA) is 130 Å². The molecule has 3 atom stereocenters. The van der Waals surface area contributed by atoms with Crippen molar-refractivity contribution in [2.45, 2.75) is 42.9 Å². The summed E-state index contributed by atoms with van der Waals surface area (Å²) in [5.74, 6) is 0.0271. The Hall–Kier alpha value is -1.68. The zero-order chi connectivity index (χ0) is 18.1. The molecule has 1 aromatic carbocycles. The van der Waals surface area contributed by atoms with Crippen molar-refractivity contribution in [3.05, 3.63) is 23.8 Å². The van der Waals surface area contributed by atoms with E-state index < -0.39 is 28.3 Å². The maximum Gasteiger partial charge on any atom is 0.260 e. The fourth-order valence-corrected chi connectivity index (χ4v) is 3.35. The molecule has 1 saturated carbocycles. The van der Waals surface area contributed by atoms with Gasteiger partial charge in [-0.15, -0.1) is 0 Å². The summed E-state index contributed by atoms with van der Waals surface area (Å²) in [6.07, 6.45) is -0.820. The molecule has 1 aliphatic rings. The van der Waals surface area contributed by atoms with E-state index in [-0.39, 0.29) is 17.4 Å². The van der Waals surface area contributed by atoms with Gasteiger partial charge in [-0.1, -0.05) is 0 Å². The molecule has 2 rings (SSSR count). The summed E-state index contributed by atoms with van der Waals surface area (Å²) in [5.41, 5.74) is 0.535. The van der Waals surface area contributed by atoms with Gasteiger partial charge in [0.1, 0.15) is 11.9 Å². The second-order valence-corrected chi connectivity index (χ2v) is 7.53. The number of benzene rings is 1. The largest absolute Gasteiger partial charge is 0.483 e. The van der Waals surface area contributed by atoms with Gasteiger partial charge in [0.15, 0.2) is 6.61 Å². The van der Waals surface area contributed by atoms with Crippen LogP contribution < -0.4 is 9.88 Å². The number of amides is 1. The van der Waals surface area contributed by atoms with E-state index in [1.165, 1.54) is 23.1 Å². The number of ether oxygens (including phenoxy) is 1. The van der Waals surface area contributed by atoms with Gasteiger partial charge in [0, 0.05) is 7.05 Å². The molecule has 0 radical (unpaired) electrons. The molecule has 0 aliphatic heterocycles. The Morgan fingerprint density at radius 2 is 2.04 bits per heavy atom. The Labute approximate surface area is 140 Å². The molecule has 0 unspecified atom stereocenters. The van der Waals surface area contributed by atoms with E-state index in [0.29, 0.717) is 24.2 Å². The normalized spacial score (nSPS) is 24.0. The number of nitrogens with two attached hydrogens (primary N) is 1. The fraction of sp³-hybridized carbons (Fsp3) is 0.533. The lowest BCUT2D eigenvalue weighted by molar-refractivity contribution is -0.136. The number of rotatable bonds is 5. The van der Waals surface area contributed by atoms with E-state index in [1.54, 1.807) is 14.0 Å². The molecule has 4 N–H and O–H groups in total. The Bertz CT molecular complexity index is 721. The molecular weight excluding hydrogens is 336 g/mol. The number of hydrogen-bond donors (Lipinski definition) is 3. The van der Waals surface area contributed by atoms with Crippen molar-refractivity contribution in [3.63, 3.8) is 0 Å². The molecule has 0 heterocycles. The molecule has 24 heavy (non-hydrogen) atoms. The van der Waals surface area contributed by atoms with Crippen LogP contribution in [-0.4, -0.2) is 61.3 Å². The third-order valence-corrected chi connectivity index (χ3v) is 5.17. The van der Waals surface area contributed by atoms with E-state index >= 15 is 0 Å². The second kappa shape index (κ2) is 7.06. The van der Waals surface area contributed by atoms with Crippen molar-refractivity contribution < 1.29 is 28.2 Å². The quantitative estimate of drug-likeness (QED) is 0.642. The predicted molar refractivity (Wildman–Crippen MR) is 85.9 cm³/mol. The van der Waals surface area contributed by atoms with Crippen LogP contribution in [0.2, 0.25) is 0 Å². The Kier molecular flexibility index (Phi) is 5.49. The van der Waals surface area contributed by atoms with Crippen LogP contribution in [0.4, 0.5) is 0 Å².